The number of amides is 1. The third kappa shape index (κ3) is 4.02. The number of nitrogens with one attached hydrogen (secondary N) is 1. The number of hydrogen-bond acceptors (Lipinski definition) is 3. The molecule has 17 heavy (non-hydrogen) atoms. The fourth-order valence-corrected chi connectivity index (χ4v) is 1.86. The van der Waals surface area contributed by atoms with Crippen LogP contribution in [0.5, 0.6) is 0 Å². The van der Waals surface area contributed by atoms with Crippen LogP contribution in [0.3, 0.4) is 0 Å². The molecule has 3 N–H and O–H groups in total. The highest BCUT2D eigenvalue weighted by molar-refractivity contribution is 9.10. The quantitative estimate of drug-likeness (QED) is 0.846. The minimum Gasteiger partial charge on any atom is -0.384 e. The molecule has 94 valence electrons. The highest BCUT2D eigenvalue weighted by atomic mass is 79.9. The highest BCUT2D eigenvalue weighted by Gasteiger charge is 2.10. The number of nitrogens with two attached hydrogens (primary N) is 1. The Labute approximate surface area is 110 Å². The van der Waals surface area contributed by atoms with Gasteiger partial charge in [0, 0.05) is 29.4 Å². The number of methoxy groups -OCH3 is 1. The number of halogens is 1. The Morgan fingerprint density at radius 2 is 2.29 bits per heavy atom. The van der Waals surface area contributed by atoms with Crippen molar-refractivity contribution in [3.05, 3.63) is 28.2 Å². The van der Waals surface area contributed by atoms with Crippen molar-refractivity contribution >= 4 is 27.5 Å². The van der Waals surface area contributed by atoms with Crippen LogP contribution in [0.2, 0.25) is 0 Å². The molecular weight excluding hydrogens is 284 g/mol. The number of primary amides is 1. The Morgan fingerprint density at radius 1 is 1.59 bits per heavy atom. The summed E-state index contributed by atoms with van der Waals surface area (Å²) in [5, 5.41) is 3.21. The monoisotopic (exact) mass is 300 g/mol. The summed E-state index contributed by atoms with van der Waals surface area (Å²) >= 11 is 3.47. The Balaban J connectivity index is 2.76. The standard InChI is InChI=1S/C12H17BrN2O2/c1-8(12(14)16)6-15-11-5-3-4-10(13)9(11)7-17-2/h3-5,8,15H,6-7H2,1-2H3,(H2,14,16). The third-order valence-corrected chi connectivity index (χ3v) is 3.23. The van der Waals surface area contributed by atoms with Crippen molar-refractivity contribution in [2.24, 2.45) is 11.7 Å². The van der Waals surface area contributed by atoms with Gasteiger partial charge in [-0.05, 0) is 12.1 Å². The first kappa shape index (κ1) is 14.0. The second kappa shape index (κ2) is 6.61. The van der Waals surface area contributed by atoms with Crippen molar-refractivity contribution in [1.82, 2.24) is 0 Å². The lowest BCUT2D eigenvalue weighted by Gasteiger charge is -2.15. The number of carbonyl (C=O) groups is 1. The van der Waals surface area contributed by atoms with Crippen molar-refractivity contribution in [3.63, 3.8) is 0 Å². The molecule has 0 radical (unpaired) electrons. The molecule has 0 aliphatic heterocycles. The zero-order chi connectivity index (χ0) is 12.8. The van der Waals surface area contributed by atoms with Crippen LogP contribution in [0.15, 0.2) is 22.7 Å². The molecule has 0 saturated carbocycles. The van der Waals surface area contributed by atoms with Crippen LogP contribution in [0.4, 0.5) is 5.69 Å². The molecule has 1 aromatic carbocycles. The summed E-state index contributed by atoms with van der Waals surface area (Å²) in [6, 6.07) is 5.84. The van der Waals surface area contributed by atoms with E-state index >= 15 is 0 Å². The summed E-state index contributed by atoms with van der Waals surface area (Å²) in [6.07, 6.45) is 0. The van der Waals surface area contributed by atoms with E-state index in [1.54, 1.807) is 14.0 Å². The predicted octanol–water partition coefficient (Wildman–Crippen LogP) is 2.13. The number of carbonyl (C=O) groups excluding carboxylic acids is 1. The van der Waals surface area contributed by atoms with E-state index in [1.807, 2.05) is 18.2 Å². The fourth-order valence-electron chi connectivity index (χ4n) is 1.38. The first-order valence-corrected chi connectivity index (χ1v) is 6.15. The molecule has 0 aromatic heterocycles. The van der Waals surface area contributed by atoms with Gasteiger partial charge in [-0.2, -0.15) is 0 Å². The van der Waals surface area contributed by atoms with E-state index < -0.39 is 0 Å². The average Bonchev–Trinajstić information content (AvgIpc) is 2.29. The van der Waals surface area contributed by atoms with Crippen LogP contribution >= 0.6 is 15.9 Å². The first-order valence-electron chi connectivity index (χ1n) is 5.35. The Morgan fingerprint density at radius 3 is 2.88 bits per heavy atom. The summed E-state index contributed by atoms with van der Waals surface area (Å²) in [4.78, 5) is 10.9. The Hall–Kier alpha value is -1.07. The van der Waals surface area contributed by atoms with Crippen molar-refractivity contribution in [1.29, 1.82) is 0 Å². The molecule has 0 heterocycles. The van der Waals surface area contributed by atoms with E-state index in [0.29, 0.717) is 13.2 Å². The van der Waals surface area contributed by atoms with Crippen molar-refractivity contribution in [3.8, 4) is 0 Å². The van der Waals surface area contributed by atoms with E-state index in [-0.39, 0.29) is 11.8 Å². The maximum absolute atomic E-state index is 10.9. The van der Waals surface area contributed by atoms with E-state index in [0.717, 1.165) is 15.7 Å². The number of rotatable bonds is 6. The second-order valence-corrected chi connectivity index (χ2v) is 4.74. The zero-order valence-electron chi connectivity index (χ0n) is 10.00. The molecular formula is C12H17BrN2O2. The van der Waals surface area contributed by atoms with Gasteiger partial charge in [-0.15, -0.1) is 0 Å². The zero-order valence-corrected chi connectivity index (χ0v) is 11.6. The molecule has 1 atom stereocenters. The molecule has 0 aliphatic rings. The van der Waals surface area contributed by atoms with Crippen LogP contribution in [0.25, 0.3) is 0 Å². The predicted molar refractivity (Wildman–Crippen MR) is 71.7 cm³/mol. The Kier molecular flexibility index (Phi) is 5.44. The molecule has 5 heteroatoms. The summed E-state index contributed by atoms with van der Waals surface area (Å²) in [7, 11) is 1.65. The lowest BCUT2D eigenvalue weighted by Crippen LogP contribution is -2.27. The molecule has 1 unspecified atom stereocenters. The topological polar surface area (TPSA) is 64.3 Å². The smallest absolute Gasteiger partial charge is 0.222 e. The summed E-state index contributed by atoms with van der Waals surface area (Å²) < 4.78 is 6.12. The largest absolute Gasteiger partial charge is 0.384 e. The molecule has 0 aliphatic carbocycles. The van der Waals surface area contributed by atoms with E-state index in [1.165, 1.54) is 0 Å². The molecule has 0 saturated heterocycles. The summed E-state index contributed by atoms with van der Waals surface area (Å²) in [6.45, 7) is 2.82. The van der Waals surface area contributed by atoms with Gasteiger partial charge >= 0.3 is 0 Å². The molecule has 0 fully saturated rings. The molecule has 1 amide bonds. The highest BCUT2D eigenvalue weighted by Crippen LogP contribution is 2.25. The molecule has 0 spiro atoms. The van der Waals surface area contributed by atoms with Gasteiger partial charge in [-0.1, -0.05) is 28.9 Å². The number of ether oxygens (including phenoxy) is 1. The van der Waals surface area contributed by atoms with Gasteiger partial charge in [-0.3, -0.25) is 4.79 Å². The Bertz CT molecular complexity index is 396. The van der Waals surface area contributed by atoms with Gasteiger partial charge in [0.05, 0.1) is 12.5 Å². The lowest BCUT2D eigenvalue weighted by molar-refractivity contribution is -0.120. The molecule has 4 nitrogen and oxygen atoms in total. The van der Waals surface area contributed by atoms with Crippen LogP contribution < -0.4 is 11.1 Å². The van der Waals surface area contributed by atoms with Gasteiger partial charge < -0.3 is 15.8 Å². The van der Waals surface area contributed by atoms with E-state index in [4.69, 9.17) is 10.5 Å². The second-order valence-electron chi connectivity index (χ2n) is 3.88. The van der Waals surface area contributed by atoms with Crippen molar-refractivity contribution in [2.75, 3.05) is 19.0 Å². The maximum Gasteiger partial charge on any atom is 0.222 e. The van der Waals surface area contributed by atoms with Gasteiger partial charge in [0.2, 0.25) is 5.91 Å². The van der Waals surface area contributed by atoms with Crippen LogP contribution in [0, 0.1) is 5.92 Å². The van der Waals surface area contributed by atoms with Gasteiger partial charge in [0.15, 0.2) is 0 Å². The van der Waals surface area contributed by atoms with E-state index in [9.17, 15) is 4.79 Å². The minimum absolute atomic E-state index is 0.204. The molecule has 0 bridgehead atoms. The van der Waals surface area contributed by atoms with Gasteiger partial charge in [-0.25, -0.2) is 0 Å². The van der Waals surface area contributed by atoms with Gasteiger partial charge in [0.25, 0.3) is 0 Å². The molecule has 1 rings (SSSR count). The molecule has 1 aromatic rings. The van der Waals surface area contributed by atoms with Gasteiger partial charge in [0.1, 0.15) is 0 Å². The fraction of sp³-hybridized carbons (Fsp3) is 0.417. The van der Waals surface area contributed by atoms with E-state index in [2.05, 4.69) is 21.2 Å². The normalized spacial score (nSPS) is 12.2. The third-order valence-electron chi connectivity index (χ3n) is 2.49. The van der Waals surface area contributed by atoms with Crippen LogP contribution in [-0.4, -0.2) is 19.6 Å². The summed E-state index contributed by atoms with van der Waals surface area (Å²) in [5.41, 5.74) is 7.20. The van der Waals surface area contributed by atoms with Crippen LogP contribution in [-0.2, 0) is 16.1 Å². The number of benzene rings is 1. The van der Waals surface area contributed by atoms with Crippen LogP contribution in [0.1, 0.15) is 12.5 Å². The lowest BCUT2D eigenvalue weighted by atomic mass is 10.1. The number of hydrogen-bond donors (Lipinski definition) is 2. The maximum atomic E-state index is 10.9. The SMILES string of the molecule is COCc1c(Br)cccc1NCC(C)C(N)=O. The van der Waals surface area contributed by atoms with Crippen molar-refractivity contribution < 1.29 is 9.53 Å². The minimum atomic E-state index is -0.305. The summed E-state index contributed by atoms with van der Waals surface area (Å²) in [5.74, 6) is -0.509. The number of anilines is 1. The first-order chi connectivity index (χ1) is 8.06. The average molecular weight is 301 g/mol. The van der Waals surface area contributed by atoms with Crippen molar-refractivity contribution in [2.45, 2.75) is 13.5 Å².